The van der Waals surface area contributed by atoms with Crippen LogP contribution < -0.4 is 11.1 Å². The van der Waals surface area contributed by atoms with E-state index in [-0.39, 0.29) is 18.5 Å². The van der Waals surface area contributed by atoms with Crippen LogP contribution in [0.5, 0.6) is 0 Å². The number of nitrogens with one attached hydrogen (secondary N) is 1. The number of anilines is 1. The molecule has 0 aromatic carbocycles. The first-order chi connectivity index (χ1) is 9.67. The number of aliphatic hydroxyl groups is 2. The minimum absolute atomic E-state index is 0.192. The minimum atomic E-state index is -0.842. The Balaban J connectivity index is 2.01. The standard InChI is InChI=1S/C11H16N6O3/c1-13-6-5(2-18)20-11(8(6)19)17-4-16-7-9(12)14-3-15-10(7)17/h3-6,8,11,13,18-19H,2H2,1H3,(H2,12,14,15)/t5-,6+,8+,11+/m1/s1. The molecule has 1 fully saturated rings. The largest absolute Gasteiger partial charge is 0.394 e. The third-order valence-corrected chi connectivity index (χ3v) is 3.55. The molecule has 9 nitrogen and oxygen atoms in total. The van der Waals surface area contributed by atoms with Crippen molar-refractivity contribution in [3.8, 4) is 0 Å². The van der Waals surface area contributed by atoms with Gasteiger partial charge in [0, 0.05) is 0 Å². The summed E-state index contributed by atoms with van der Waals surface area (Å²) in [6, 6.07) is -0.373. The smallest absolute Gasteiger partial charge is 0.167 e. The highest BCUT2D eigenvalue weighted by Gasteiger charge is 2.44. The van der Waals surface area contributed by atoms with Crippen LogP contribution in [0, 0.1) is 0 Å². The Hall–Kier alpha value is -1.81. The summed E-state index contributed by atoms with van der Waals surface area (Å²) in [6.45, 7) is -0.192. The number of aliphatic hydroxyl groups excluding tert-OH is 2. The average molecular weight is 280 g/mol. The van der Waals surface area contributed by atoms with Crippen molar-refractivity contribution in [1.82, 2.24) is 24.8 Å². The third kappa shape index (κ3) is 1.83. The molecule has 108 valence electrons. The topological polar surface area (TPSA) is 131 Å². The minimum Gasteiger partial charge on any atom is -0.394 e. The number of nitrogens with zero attached hydrogens (tertiary/aromatic N) is 4. The van der Waals surface area contributed by atoms with Crippen molar-refractivity contribution >= 4 is 17.0 Å². The molecule has 3 heterocycles. The van der Waals surface area contributed by atoms with Crippen LogP contribution in [-0.2, 0) is 4.74 Å². The monoisotopic (exact) mass is 280 g/mol. The molecule has 0 aliphatic carbocycles. The summed E-state index contributed by atoms with van der Waals surface area (Å²) in [5.41, 5.74) is 6.66. The van der Waals surface area contributed by atoms with E-state index in [0.29, 0.717) is 11.2 Å². The Morgan fingerprint density at radius 1 is 1.45 bits per heavy atom. The molecule has 0 unspecified atom stereocenters. The van der Waals surface area contributed by atoms with Gasteiger partial charge in [0.25, 0.3) is 0 Å². The van der Waals surface area contributed by atoms with Crippen molar-refractivity contribution in [3.63, 3.8) is 0 Å². The second kappa shape index (κ2) is 4.94. The first-order valence-corrected chi connectivity index (χ1v) is 6.22. The molecule has 2 aromatic rings. The van der Waals surface area contributed by atoms with Gasteiger partial charge in [-0.3, -0.25) is 4.57 Å². The molecule has 1 saturated heterocycles. The molecule has 4 atom stereocenters. The summed E-state index contributed by atoms with van der Waals surface area (Å²) in [6.07, 6.45) is 0.790. The molecule has 1 aliphatic rings. The lowest BCUT2D eigenvalue weighted by Crippen LogP contribution is -2.43. The molecule has 0 radical (unpaired) electrons. The lowest BCUT2D eigenvalue weighted by atomic mass is 10.1. The number of nitrogens with two attached hydrogens (primary N) is 1. The molecule has 5 N–H and O–H groups in total. The first-order valence-electron chi connectivity index (χ1n) is 6.22. The normalized spacial score (nSPS) is 30.1. The zero-order valence-electron chi connectivity index (χ0n) is 10.8. The summed E-state index contributed by atoms with van der Waals surface area (Å²) in [7, 11) is 1.70. The maximum absolute atomic E-state index is 10.3. The number of hydrogen-bond acceptors (Lipinski definition) is 8. The second-order valence-corrected chi connectivity index (χ2v) is 4.64. The molecule has 0 saturated carbocycles. The Morgan fingerprint density at radius 2 is 2.25 bits per heavy atom. The molecule has 20 heavy (non-hydrogen) atoms. The van der Waals surface area contributed by atoms with Gasteiger partial charge in [0.1, 0.15) is 24.1 Å². The van der Waals surface area contributed by atoms with E-state index in [1.54, 1.807) is 11.6 Å². The van der Waals surface area contributed by atoms with E-state index in [1.165, 1.54) is 12.7 Å². The molecular formula is C11H16N6O3. The van der Waals surface area contributed by atoms with E-state index >= 15 is 0 Å². The average Bonchev–Trinajstić information content (AvgIpc) is 3.00. The molecule has 0 spiro atoms. The number of imidazole rings is 1. The van der Waals surface area contributed by atoms with Crippen molar-refractivity contribution in [2.75, 3.05) is 19.4 Å². The fourth-order valence-electron chi connectivity index (χ4n) is 2.54. The molecule has 0 amide bonds. The zero-order chi connectivity index (χ0) is 14.3. The number of hydrogen-bond donors (Lipinski definition) is 4. The van der Waals surface area contributed by atoms with Gasteiger partial charge in [0.2, 0.25) is 0 Å². The van der Waals surface area contributed by atoms with Crippen molar-refractivity contribution in [1.29, 1.82) is 0 Å². The SMILES string of the molecule is CN[C@@H]1[C@H](O)[C@@H](n2cnc3c(N)ncnc32)O[C@@H]1CO. The molecule has 0 bridgehead atoms. The predicted octanol–water partition coefficient (Wildman–Crippen LogP) is -1.75. The number of aromatic nitrogens is 4. The van der Waals surface area contributed by atoms with Gasteiger partial charge in [0.05, 0.1) is 19.0 Å². The van der Waals surface area contributed by atoms with Crippen LogP contribution in [0.25, 0.3) is 11.2 Å². The first kappa shape index (κ1) is 13.2. The second-order valence-electron chi connectivity index (χ2n) is 4.64. The van der Waals surface area contributed by atoms with Crippen molar-refractivity contribution in [3.05, 3.63) is 12.7 Å². The van der Waals surface area contributed by atoms with Gasteiger partial charge in [-0.15, -0.1) is 0 Å². The van der Waals surface area contributed by atoms with Crippen molar-refractivity contribution in [2.24, 2.45) is 0 Å². The van der Waals surface area contributed by atoms with Crippen molar-refractivity contribution in [2.45, 2.75) is 24.5 Å². The highest BCUT2D eigenvalue weighted by atomic mass is 16.5. The van der Waals surface area contributed by atoms with Gasteiger partial charge in [-0.2, -0.15) is 0 Å². The number of nitrogen functional groups attached to an aromatic ring is 1. The third-order valence-electron chi connectivity index (χ3n) is 3.55. The summed E-state index contributed by atoms with van der Waals surface area (Å²) < 4.78 is 7.27. The Morgan fingerprint density at radius 3 is 2.90 bits per heavy atom. The Bertz CT molecular complexity index is 617. The van der Waals surface area contributed by atoms with Crippen LogP contribution in [0.1, 0.15) is 6.23 Å². The summed E-state index contributed by atoms with van der Waals surface area (Å²) in [4.78, 5) is 12.1. The van der Waals surface area contributed by atoms with E-state index in [4.69, 9.17) is 10.5 Å². The van der Waals surface area contributed by atoms with Crippen LogP contribution in [0.4, 0.5) is 5.82 Å². The molecule has 1 aliphatic heterocycles. The maximum Gasteiger partial charge on any atom is 0.167 e. The van der Waals surface area contributed by atoms with Gasteiger partial charge in [-0.1, -0.05) is 0 Å². The molecule has 3 rings (SSSR count). The van der Waals surface area contributed by atoms with Crippen LogP contribution in [0.3, 0.4) is 0 Å². The fraction of sp³-hybridized carbons (Fsp3) is 0.545. The Kier molecular flexibility index (Phi) is 3.26. The fourth-order valence-corrected chi connectivity index (χ4v) is 2.54. The van der Waals surface area contributed by atoms with Gasteiger partial charge in [-0.25, -0.2) is 15.0 Å². The molecular weight excluding hydrogens is 264 g/mol. The molecule has 2 aromatic heterocycles. The number of ether oxygens (including phenoxy) is 1. The van der Waals surface area contributed by atoms with Gasteiger partial charge >= 0.3 is 0 Å². The van der Waals surface area contributed by atoms with E-state index in [0.717, 1.165) is 0 Å². The van der Waals surface area contributed by atoms with E-state index in [1.807, 2.05) is 0 Å². The van der Waals surface area contributed by atoms with E-state index < -0.39 is 18.4 Å². The lowest BCUT2D eigenvalue weighted by Gasteiger charge is -2.18. The van der Waals surface area contributed by atoms with Gasteiger partial charge < -0.3 is 26.0 Å². The predicted molar refractivity (Wildman–Crippen MR) is 69.6 cm³/mol. The molecule has 9 heteroatoms. The van der Waals surface area contributed by atoms with Gasteiger partial charge in [-0.05, 0) is 7.05 Å². The van der Waals surface area contributed by atoms with Gasteiger partial charge in [0.15, 0.2) is 17.7 Å². The maximum atomic E-state index is 10.3. The zero-order valence-corrected chi connectivity index (χ0v) is 10.8. The highest BCUT2D eigenvalue weighted by Crippen LogP contribution is 2.31. The van der Waals surface area contributed by atoms with E-state index in [9.17, 15) is 10.2 Å². The summed E-state index contributed by atoms with van der Waals surface area (Å²) in [5, 5.41) is 22.6. The van der Waals surface area contributed by atoms with Crippen LogP contribution in [0.2, 0.25) is 0 Å². The Labute approximate surface area is 114 Å². The number of rotatable bonds is 3. The van der Waals surface area contributed by atoms with E-state index in [2.05, 4.69) is 20.3 Å². The lowest BCUT2D eigenvalue weighted by molar-refractivity contribution is -0.0489. The number of likely N-dealkylation sites (N-methyl/N-ethyl adjacent to an activating group) is 1. The summed E-state index contributed by atoms with van der Waals surface area (Å²) >= 11 is 0. The van der Waals surface area contributed by atoms with Crippen LogP contribution >= 0.6 is 0 Å². The van der Waals surface area contributed by atoms with Crippen LogP contribution in [0.15, 0.2) is 12.7 Å². The summed E-state index contributed by atoms with van der Waals surface area (Å²) in [5.74, 6) is 0.269. The quantitative estimate of drug-likeness (QED) is 0.520. The van der Waals surface area contributed by atoms with Crippen molar-refractivity contribution < 1.29 is 14.9 Å². The highest BCUT2D eigenvalue weighted by molar-refractivity contribution is 5.81. The van der Waals surface area contributed by atoms with Crippen LogP contribution in [-0.4, -0.2) is 61.6 Å². The number of fused-ring (bicyclic) bond motifs is 1.